The highest BCUT2D eigenvalue weighted by atomic mass is 16.5. The summed E-state index contributed by atoms with van der Waals surface area (Å²) in [5.74, 6) is 0. The Labute approximate surface area is 87.6 Å². The molecule has 0 spiro atoms. The molecule has 1 aliphatic rings. The third-order valence-corrected chi connectivity index (χ3v) is 3.36. The van der Waals surface area contributed by atoms with E-state index in [-0.39, 0.29) is 11.1 Å². The maximum absolute atomic E-state index is 6.09. The number of hydrogen-bond acceptors (Lipinski definition) is 3. The molecule has 2 N–H and O–H groups in total. The Hall–Kier alpha value is -0.120. The van der Waals surface area contributed by atoms with E-state index < -0.39 is 0 Å². The fourth-order valence-electron chi connectivity index (χ4n) is 1.76. The number of likely N-dealkylation sites (tertiary alicyclic amines) is 1. The molecular weight excluding hydrogens is 176 g/mol. The molecule has 0 aromatic carbocycles. The predicted molar refractivity (Wildman–Crippen MR) is 59.4 cm³/mol. The molecule has 1 aliphatic heterocycles. The van der Waals surface area contributed by atoms with E-state index in [1.165, 1.54) is 0 Å². The lowest BCUT2D eigenvalue weighted by Crippen LogP contribution is -2.67. The van der Waals surface area contributed by atoms with E-state index in [1.807, 2.05) is 0 Å². The average molecular weight is 200 g/mol. The highest BCUT2D eigenvalue weighted by molar-refractivity contribution is 4.98. The van der Waals surface area contributed by atoms with E-state index in [9.17, 15) is 0 Å². The second kappa shape index (κ2) is 4.17. The number of rotatable bonds is 5. The molecule has 0 atom stereocenters. The molecule has 0 amide bonds. The van der Waals surface area contributed by atoms with Crippen molar-refractivity contribution in [2.24, 2.45) is 5.73 Å². The van der Waals surface area contributed by atoms with Crippen molar-refractivity contribution < 1.29 is 4.74 Å². The van der Waals surface area contributed by atoms with E-state index in [0.717, 1.165) is 32.5 Å². The van der Waals surface area contributed by atoms with Crippen molar-refractivity contribution in [1.82, 2.24) is 4.90 Å². The minimum absolute atomic E-state index is 0.000929. The van der Waals surface area contributed by atoms with E-state index in [4.69, 9.17) is 10.5 Å². The van der Waals surface area contributed by atoms with Crippen LogP contribution in [0.4, 0.5) is 0 Å². The van der Waals surface area contributed by atoms with Crippen LogP contribution in [-0.4, -0.2) is 42.8 Å². The Balaban J connectivity index is 2.18. The van der Waals surface area contributed by atoms with Gasteiger partial charge in [-0.25, -0.2) is 0 Å². The summed E-state index contributed by atoms with van der Waals surface area (Å²) >= 11 is 0. The van der Waals surface area contributed by atoms with Crippen LogP contribution in [0.3, 0.4) is 0 Å². The first-order valence-electron chi connectivity index (χ1n) is 5.47. The van der Waals surface area contributed by atoms with Gasteiger partial charge in [-0.05, 0) is 26.7 Å². The van der Waals surface area contributed by atoms with Gasteiger partial charge in [0.25, 0.3) is 0 Å². The van der Waals surface area contributed by atoms with Gasteiger partial charge in [0.05, 0.1) is 5.60 Å². The molecule has 3 heteroatoms. The molecule has 84 valence electrons. The lowest BCUT2D eigenvalue weighted by atomic mass is 9.87. The molecule has 0 aromatic heterocycles. The van der Waals surface area contributed by atoms with Gasteiger partial charge in [-0.2, -0.15) is 0 Å². The smallest absolute Gasteiger partial charge is 0.0634 e. The van der Waals surface area contributed by atoms with Crippen LogP contribution in [0.25, 0.3) is 0 Å². The van der Waals surface area contributed by atoms with Crippen LogP contribution < -0.4 is 5.73 Å². The van der Waals surface area contributed by atoms with Crippen molar-refractivity contribution in [3.8, 4) is 0 Å². The highest BCUT2D eigenvalue weighted by Gasteiger charge is 2.37. The van der Waals surface area contributed by atoms with Crippen LogP contribution >= 0.6 is 0 Å². The van der Waals surface area contributed by atoms with Crippen LogP contribution in [0.2, 0.25) is 0 Å². The van der Waals surface area contributed by atoms with Crippen molar-refractivity contribution in [3.05, 3.63) is 0 Å². The number of hydrogen-bond donors (Lipinski definition) is 1. The molecule has 0 unspecified atom stereocenters. The van der Waals surface area contributed by atoms with Crippen LogP contribution in [0.5, 0.6) is 0 Å². The summed E-state index contributed by atoms with van der Waals surface area (Å²) in [7, 11) is 1.77. The number of nitrogens with two attached hydrogens (primary N) is 1. The van der Waals surface area contributed by atoms with Gasteiger partial charge in [0, 0.05) is 32.3 Å². The maximum atomic E-state index is 6.09. The molecule has 1 fully saturated rings. The van der Waals surface area contributed by atoms with Crippen molar-refractivity contribution in [3.63, 3.8) is 0 Å². The molecule has 1 rings (SSSR count). The lowest BCUT2D eigenvalue weighted by Gasteiger charge is -2.48. The third kappa shape index (κ3) is 2.94. The summed E-state index contributed by atoms with van der Waals surface area (Å²) in [6.07, 6.45) is 2.15. The van der Waals surface area contributed by atoms with Crippen molar-refractivity contribution in [2.75, 3.05) is 26.7 Å². The van der Waals surface area contributed by atoms with Crippen LogP contribution in [0.1, 0.15) is 33.6 Å². The first-order chi connectivity index (χ1) is 6.41. The summed E-state index contributed by atoms with van der Waals surface area (Å²) in [4.78, 5) is 2.41. The van der Waals surface area contributed by atoms with Gasteiger partial charge in [-0.15, -0.1) is 0 Å². The third-order valence-electron chi connectivity index (χ3n) is 3.36. The zero-order chi connectivity index (χ0) is 10.8. The summed E-state index contributed by atoms with van der Waals surface area (Å²) in [6.45, 7) is 9.60. The second-order valence-electron chi connectivity index (χ2n) is 5.14. The summed E-state index contributed by atoms with van der Waals surface area (Å²) < 4.78 is 5.38. The van der Waals surface area contributed by atoms with E-state index in [0.29, 0.717) is 0 Å². The van der Waals surface area contributed by atoms with Crippen molar-refractivity contribution in [2.45, 2.75) is 44.8 Å². The first kappa shape index (κ1) is 12.0. The summed E-state index contributed by atoms with van der Waals surface area (Å²) in [5, 5.41) is 0. The maximum Gasteiger partial charge on any atom is 0.0634 e. The standard InChI is InChI=1S/C11H24N2O/c1-5-11(12)8-13(9-11)7-6-10(2,3)14-4/h5-9,12H2,1-4H3. The van der Waals surface area contributed by atoms with Gasteiger partial charge in [-0.3, -0.25) is 4.90 Å². The van der Waals surface area contributed by atoms with E-state index in [1.54, 1.807) is 7.11 Å². The van der Waals surface area contributed by atoms with Gasteiger partial charge in [0.1, 0.15) is 0 Å². The minimum Gasteiger partial charge on any atom is -0.379 e. The zero-order valence-corrected chi connectivity index (χ0v) is 9.97. The number of nitrogens with zero attached hydrogens (tertiary/aromatic N) is 1. The minimum atomic E-state index is -0.000929. The summed E-state index contributed by atoms with van der Waals surface area (Å²) in [5.41, 5.74) is 6.18. The molecule has 0 aromatic rings. The average Bonchev–Trinajstić information content (AvgIpc) is 2.10. The Morgan fingerprint density at radius 3 is 2.43 bits per heavy atom. The number of ether oxygens (including phenoxy) is 1. The molecule has 1 heterocycles. The first-order valence-corrected chi connectivity index (χ1v) is 5.47. The van der Waals surface area contributed by atoms with E-state index >= 15 is 0 Å². The Morgan fingerprint density at radius 2 is 2.00 bits per heavy atom. The van der Waals surface area contributed by atoms with Crippen molar-refractivity contribution >= 4 is 0 Å². The normalized spacial score (nSPS) is 22.1. The largest absolute Gasteiger partial charge is 0.379 e. The zero-order valence-electron chi connectivity index (χ0n) is 9.97. The highest BCUT2D eigenvalue weighted by Crippen LogP contribution is 2.23. The van der Waals surface area contributed by atoms with Crippen LogP contribution in [0.15, 0.2) is 0 Å². The Kier molecular flexibility index (Phi) is 3.56. The van der Waals surface area contributed by atoms with Gasteiger partial charge < -0.3 is 10.5 Å². The lowest BCUT2D eigenvalue weighted by molar-refractivity contribution is -0.0104. The fraction of sp³-hybridized carbons (Fsp3) is 1.00. The van der Waals surface area contributed by atoms with Gasteiger partial charge >= 0.3 is 0 Å². The molecule has 0 radical (unpaired) electrons. The van der Waals surface area contributed by atoms with Crippen LogP contribution in [-0.2, 0) is 4.74 Å². The molecular formula is C11H24N2O. The number of methoxy groups -OCH3 is 1. The molecule has 0 bridgehead atoms. The Bertz CT molecular complexity index is 186. The monoisotopic (exact) mass is 200 g/mol. The van der Waals surface area contributed by atoms with E-state index in [2.05, 4.69) is 25.7 Å². The van der Waals surface area contributed by atoms with Crippen LogP contribution in [0, 0.1) is 0 Å². The SMILES string of the molecule is CCC1(N)CN(CCC(C)(C)OC)C1. The second-order valence-corrected chi connectivity index (χ2v) is 5.14. The Morgan fingerprint density at radius 1 is 1.43 bits per heavy atom. The summed E-state index contributed by atoms with van der Waals surface area (Å²) in [6, 6.07) is 0. The quantitative estimate of drug-likeness (QED) is 0.725. The van der Waals surface area contributed by atoms with Gasteiger partial charge in [0.2, 0.25) is 0 Å². The van der Waals surface area contributed by atoms with Crippen molar-refractivity contribution in [1.29, 1.82) is 0 Å². The molecule has 14 heavy (non-hydrogen) atoms. The predicted octanol–water partition coefficient (Wildman–Crippen LogP) is 1.22. The molecule has 3 nitrogen and oxygen atoms in total. The topological polar surface area (TPSA) is 38.5 Å². The molecule has 0 saturated carbocycles. The molecule has 0 aliphatic carbocycles. The molecule has 1 saturated heterocycles. The van der Waals surface area contributed by atoms with Gasteiger partial charge in [0.15, 0.2) is 0 Å². The van der Waals surface area contributed by atoms with Gasteiger partial charge in [-0.1, -0.05) is 6.92 Å². The fourth-order valence-corrected chi connectivity index (χ4v) is 1.76.